The van der Waals surface area contributed by atoms with Crippen molar-refractivity contribution in [3.05, 3.63) is 65.4 Å². The summed E-state index contributed by atoms with van der Waals surface area (Å²) < 4.78 is 13.1. The van der Waals surface area contributed by atoms with Crippen LogP contribution < -0.4 is 20.1 Å². The number of nitrogens with two attached hydrogens (primary N) is 1. The van der Waals surface area contributed by atoms with Gasteiger partial charge in [-0.05, 0) is 99.1 Å². The van der Waals surface area contributed by atoms with Gasteiger partial charge in [0.05, 0.1) is 36.7 Å². The number of nitrogen functional groups attached to an aromatic ring is 1. The normalized spacial score (nSPS) is 12.9. The predicted octanol–water partition coefficient (Wildman–Crippen LogP) is 6.80. The quantitative estimate of drug-likeness (QED) is 0.141. The van der Waals surface area contributed by atoms with Crippen molar-refractivity contribution in [2.75, 3.05) is 24.9 Å². The highest BCUT2D eigenvalue weighted by atomic mass is 79.9. The van der Waals surface area contributed by atoms with Crippen LogP contribution >= 0.6 is 63.7 Å². The van der Waals surface area contributed by atoms with Gasteiger partial charge < -0.3 is 15.2 Å². The van der Waals surface area contributed by atoms with Gasteiger partial charge in [-0.2, -0.15) is 0 Å². The second-order valence-electron chi connectivity index (χ2n) is 6.80. The van der Waals surface area contributed by atoms with Crippen LogP contribution in [0, 0.1) is 0 Å². The number of hydrogen-bond acceptors (Lipinski definition) is 5. The Morgan fingerprint density at radius 2 is 1.19 bits per heavy atom. The molecule has 1 heterocycles. The van der Waals surface area contributed by atoms with Gasteiger partial charge in [0.25, 0.3) is 11.8 Å². The van der Waals surface area contributed by atoms with Gasteiger partial charge in [-0.15, -0.1) is 0 Å². The number of anilines is 2. The maximum absolute atomic E-state index is 13.3. The highest BCUT2D eigenvalue weighted by Crippen LogP contribution is 2.47. The largest absolute Gasteiger partial charge is 0.495 e. The molecule has 2 amide bonds. The van der Waals surface area contributed by atoms with Gasteiger partial charge in [0.15, 0.2) is 0 Å². The number of amides is 2. The lowest BCUT2D eigenvalue weighted by Crippen LogP contribution is -2.29. The number of carbonyl (C=O) groups excluding carboxylic acids is 2. The van der Waals surface area contributed by atoms with Crippen LogP contribution in [0.1, 0.15) is 20.7 Å². The molecule has 0 spiro atoms. The van der Waals surface area contributed by atoms with E-state index < -0.39 is 11.8 Å². The van der Waals surface area contributed by atoms with Crippen LogP contribution in [0.4, 0.5) is 11.4 Å². The molecular formula is C22H14Br4N2O4. The third-order valence-electron chi connectivity index (χ3n) is 5.09. The molecule has 0 radical (unpaired) electrons. The average molecular weight is 690 g/mol. The number of halogens is 4. The molecule has 2 N–H and O–H groups in total. The lowest BCUT2D eigenvalue weighted by molar-refractivity contribution is 0.0924. The fourth-order valence-electron chi connectivity index (χ4n) is 3.50. The van der Waals surface area contributed by atoms with E-state index in [1.165, 1.54) is 7.11 Å². The Labute approximate surface area is 217 Å². The van der Waals surface area contributed by atoms with Crippen LogP contribution in [0.25, 0.3) is 11.1 Å². The fourth-order valence-corrected chi connectivity index (χ4v) is 5.96. The average Bonchev–Trinajstić information content (AvgIpc) is 3.06. The highest BCUT2D eigenvalue weighted by molar-refractivity contribution is 9.15. The van der Waals surface area contributed by atoms with Crippen molar-refractivity contribution >= 4 is 86.9 Å². The van der Waals surface area contributed by atoms with Crippen LogP contribution in [-0.2, 0) is 0 Å². The smallest absolute Gasteiger partial charge is 0.267 e. The molecule has 164 valence electrons. The molecule has 3 aromatic rings. The number of benzene rings is 3. The minimum Gasteiger partial charge on any atom is -0.495 e. The zero-order valence-corrected chi connectivity index (χ0v) is 23.0. The molecule has 0 saturated heterocycles. The Morgan fingerprint density at radius 1 is 0.719 bits per heavy atom. The molecule has 0 saturated carbocycles. The first-order valence-corrected chi connectivity index (χ1v) is 12.2. The Morgan fingerprint density at radius 3 is 1.69 bits per heavy atom. The van der Waals surface area contributed by atoms with Crippen LogP contribution in [-0.4, -0.2) is 26.0 Å². The Hall–Kier alpha value is -1.88. The number of carbonyl (C=O) groups is 2. The molecule has 0 bridgehead atoms. The summed E-state index contributed by atoms with van der Waals surface area (Å²) in [6.45, 7) is 0. The van der Waals surface area contributed by atoms with Crippen LogP contribution in [0.2, 0.25) is 0 Å². The van der Waals surface area contributed by atoms with E-state index in [-0.39, 0.29) is 11.1 Å². The van der Waals surface area contributed by atoms with E-state index in [1.807, 2.05) is 18.2 Å². The summed E-state index contributed by atoms with van der Waals surface area (Å²) in [6, 6.07) is 10.7. The summed E-state index contributed by atoms with van der Waals surface area (Å²) in [5.41, 5.74) is 8.99. The summed E-state index contributed by atoms with van der Waals surface area (Å²) in [7, 11) is 3.04. The maximum Gasteiger partial charge on any atom is 0.267 e. The molecule has 0 aromatic heterocycles. The summed E-state index contributed by atoms with van der Waals surface area (Å²) in [4.78, 5) is 27.8. The molecule has 1 aliphatic heterocycles. The molecule has 6 nitrogen and oxygen atoms in total. The summed E-state index contributed by atoms with van der Waals surface area (Å²) >= 11 is 13.7. The van der Waals surface area contributed by atoms with Gasteiger partial charge in [0.2, 0.25) is 0 Å². The second-order valence-corrected chi connectivity index (χ2v) is 9.97. The molecule has 10 heteroatoms. The third-order valence-corrected chi connectivity index (χ3v) is 9.86. The summed E-state index contributed by atoms with van der Waals surface area (Å²) in [5.74, 6) is 0.0203. The highest BCUT2D eigenvalue weighted by Gasteiger charge is 2.42. The van der Waals surface area contributed by atoms with Crippen LogP contribution in [0.15, 0.2) is 54.3 Å². The number of hydrogen-bond donors (Lipinski definition) is 1. The molecule has 0 unspecified atom stereocenters. The van der Waals surface area contributed by atoms with Gasteiger partial charge >= 0.3 is 0 Å². The molecule has 0 atom stereocenters. The third kappa shape index (κ3) is 3.57. The van der Waals surface area contributed by atoms with E-state index in [1.54, 1.807) is 25.3 Å². The first-order valence-electron chi connectivity index (χ1n) is 9.07. The molecule has 1 aliphatic rings. The van der Waals surface area contributed by atoms with Crippen molar-refractivity contribution in [1.82, 2.24) is 0 Å². The lowest BCUT2D eigenvalue weighted by Gasteiger charge is -2.18. The van der Waals surface area contributed by atoms with E-state index in [9.17, 15) is 9.59 Å². The number of ether oxygens (including phenoxy) is 2. The van der Waals surface area contributed by atoms with Crippen LogP contribution in [0.5, 0.6) is 11.5 Å². The van der Waals surface area contributed by atoms with E-state index in [0.29, 0.717) is 40.8 Å². The van der Waals surface area contributed by atoms with Gasteiger partial charge in [0, 0.05) is 17.9 Å². The van der Waals surface area contributed by atoms with Crippen molar-refractivity contribution in [1.29, 1.82) is 0 Å². The van der Waals surface area contributed by atoms with E-state index in [0.717, 1.165) is 16.0 Å². The van der Waals surface area contributed by atoms with Gasteiger partial charge in [-0.1, -0.05) is 12.1 Å². The maximum atomic E-state index is 13.3. The zero-order valence-electron chi connectivity index (χ0n) is 16.6. The van der Waals surface area contributed by atoms with E-state index >= 15 is 0 Å². The van der Waals surface area contributed by atoms with Gasteiger partial charge in [-0.25, -0.2) is 4.90 Å². The summed E-state index contributed by atoms with van der Waals surface area (Å²) in [6.07, 6.45) is 0. The minimum atomic E-state index is -0.453. The first kappa shape index (κ1) is 23.3. The topological polar surface area (TPSA) is 81.9 Å². The number of fused-ring (bicyclic) bond motifs is 1. The number of methoxy groups -OCH3 is 2. The number of rotatable bonds is 4. The summed E-state index contributed by atoms with van der Waals surface area (Å²) in [5, 5.41) is 0. The Balaban J connectivity index is 1.83. The standard InChI is InChI=1S/C22H14Br4N2O4/c1-31-13-7-9(3-5-11(13)27)10-4-6-12(14(8-10)32-2)28-21(29)15-16(22(28)30)18(24)20(26)19(25)17(15)23/h3-8H,27H2,1-2H3. The number of nitrogens with zero attached hydrogens (tertiary/aromatic N) is 1. The van der Waals surface area contributed by atoms with Gasteiger partial charge in [-0.3, -0.25) is 9.59 Å². The van der Waals surface area contributed by atoms with Crippen molar-refractivity contribution in [2.24, 2.45) is 0 Å². The van der Waals surface area contributed by atoms with E-state index in [2.05, 4.69) is 63.7 Å². The van der Waals surface area contributed by atoms with Crippen molar-refractivity contribution in [3.8, 4) is 22.6 Å². The van der Waals surface area contributed by atoms with Gasteiger partial charge in [0.1, 0.15) is 11.5 Å². The molecule has 32 heavy (non-hydrogen) atoms. The van der Waals surface area contributed by atoms with E-state index in [4.69, 9.17) is 15.2 Å². The molecule has 4 rings (SSSR count). The second kappa shape index (κ2) is 8.81. The lowest BCUT2D eigenvalue weighted by atomic mass is 10.0. The Bertz CT molecular complexity index is 1260. The molecular weight excluding hydrogens is 676 g/mol. The first-order chi connectivity index (χ1) is 15.2. The van der Waals surface area contributed by atoms with Crippen molar-refractivity contribution in [2.45, 2.75) is 0 Å². The molecule has 0 fully saturated rings. The molecule has 0 aliphatic carbocycles. The number of imide groups is 1. The van der Waals surface area contributed by atoms with Crippen molar-refractivity contribution in [3.63, 3.8) is 0 Å². The molecule has 3 aromatic carbocycles. The Kier molecular flexibility index (Phi) is 6.41. The monoisotopic (exact) mass is 686 g/mol. The SMILES string of the molecule is COc1cc(-c2ccc(N3C(=O)c4c(Br)c(Br)c(Br)c(Br)c4C3=O)c(OC)c2)ccc1N. The van der Waals surface area contributed by atoms with Crippen LogP contribution in [0.3, 0.4) is 0 Å². The predicted molar refractivity (Wildman–Crippen MR) is 138 cm³/mol. The van der Waals surface area contributed by atoms with Crippen molar-refractivity contribution < 1.29 is 19.1 Å². The minimum absolute atomic E-state index is 0.270. The fraction of sp³-hybridized carbons (Fsp3) is 0.0909. The zero-order chi connectivity index (χ0) is 23.3.